The zero-order chi connectivity index (χ0) is 12.1. The normalized spacial score (nSPS) is 26.2. The molecule has 1 aliphatic heterocycles. The average molecular weight is 226 g/mol. The van der Waals surface area contributed by atoms with Gasteiger partial charge in [0, 0.05) is 19.1 Å². The highest BCUT2D eigenvalue weighted by Gasteiger charge is 2.27. The van der Waals surface area contributed by atoms with Crippen LogP contribution in [0.3, 0.4) is 0 Å². The van der Waals surface area contributed by atoms with E-state index in [1.807, 2.05) is 0 Å². The Kier molecular flexibility index (Phi) is 5.77. The number of hydrogen-bond acceptors (Lipinski definition) is 2. The van der Waals surface area contributed by atoms with Gasteiger partial charge in [0.2, 0.25) is 0 Å². The summed E-state index contributed by atoms with van der Waals surface area (Å²) < 4.78 is 0. The summed E-state index contributed by atoms with van der Waals surface area (Å²) in [5, 5.41) is 3.48. The zero-order valence-electron chi connectivity index (χ0n) is 11.8. The second-order valence-electron chi connectivity index (χ2n) is 5.83. The molecule has 96 valence electrons. The Morgan fingerprint density at radius 3 is 2.44 bits per heavy atom. The lowest BCUT2D eigenvalue weighted by molar-refractivity contribution is 0.239. The van der Waals surface area contributed by atoms with Crippen molar-refractivity contribution in [2.45, 2.75) is 46.6 Å². The molecule has 0 bridgehead atoms. The van der Waals surface area contributed by atoms with E-state index in [0.29, 0.717) is 6.04 Å². The van der Waals surface area contributed by atoms with Crippen molar-refractivity contribution in [2.24, 2.45) is 17.8 Å². The van der Waals surface area contributed by atoms with E-state index >= 15 is 0 Å². The van der Waals surface area contributed by atoms with Crippen LogP contribution in [0.5, 0.6) is 0 Å². The largest absolute Gasteiger partial charge is 0.315 e. The first-order valence-corrected chi connectivity index (χ1v) is 6.98. The van der Waals surface area contributed by atoms with Crippen LogP contribution in [0.4, 0.5) is 0 Å². The summed E-state index contributed by atoms with van der Waals surface area (Å²) in [5.41, 5.74) is 0. The summed E-state index contributed by atoms with van der Waals surface area (Å²) >= 11 is 0. The Morgan fingerprint density at radius 1 is 1.31 bits per heavy atom. The minimum absolute atomic E-state index is 0.663. The van der Waals surface area contributed by atoms with Crippen LogP contribution in [0, 0.1) is 17.8 Å². The second-order valence-corrected chi connectivity index (χ2v) is 5.83. The lowest BCUT2D eigenvalue weighted by Crippen LogP contribution is -2.42. The molecule has 1 heterocycles. The van der Waals surface area contributed by atoms with Crippen LogP contribution in [-0.4, -0.2) is 37.6 Å². The number of likely N-dealkylation sites (N-methyl/N-ethyl adjacent to an activating group) is 1. The molecular weight excluding hydrogens is 196 g/mol. The van der Waals surface area contributed by atoms with Crippen LogP contribution < -0.4 is 5.32 Å². The van der Waals surface area contributed by atoms with Crippen molar-refractivity contribution in [1.29, 1.82) is 0 Å². The van der Waals surface area contributed by atoms with E-state index < -0.39 is 0 Å². The number of nitrogens with one attached hydrogen (secondary N) is 1. The van der Waals surface area contributed by atoms with E-state index in [1.54, 1.807) is 0 Å². The standard InChI is InChI=1S/C14H30N2/c1-6-12(4)14(15-5)10-16-8-7-13(9-16)11(2)3/h11-15H,6-10H2,1-5H3. The highest BCUT2D eigenvalue weighted by molar-refractivity contribution is 4.82. The van der Waals surface area contributed by atoms with Crippen LogP contribution in [0.2, 0.25) is 0 Å². The first-order valence-electron chi connectivity index (χ1n) is 6.98. The van der Waals surface area contributed by atoms with Gasteiger partial charge in [0.15, 0.2) is 0 Å². The summed E-state index contributed by atoms with van der Waals surface area (Å²) in [4.78, 5) is 2.65. The number of likely N-dealkylation sites (tertiary alicyclic amines) is 1. The summed E-state index contributed by atoms with van der Waals surface area (Å²) in [5.74, 6) is 2.55. The van der Waals surface area contributed by atoms with Crippen molar-refractivity contribution in [2.75, 3.05) is 26.7 Å². The van der Waals surface area contributed by atoms with Gasteiger partial charge in [0.1, 0.15) is 0 Å². The molecule has 2 heteroatoms. The minimum Gasteiger partial charge on any atom is -0.315 e. The molecule has 0 aliphatic carbocycles. The summed E-state index contributed by atoms with van der Waals surface area (Å²) in [7, 11) is 2.10. The molecule has 3 unspecified atom stereocenters. The summed E-state index contributed by atoms with van der Waals surface area (Å²) in [6, 6.07) is 0.663. The molecule has 1 saturated heterocycles. The molecule has 0 saturated carbocycles. The monoisotopic (exact) mass is 226 g/mol. The summed E-state index contributed by atoms with van der Waals surface area (Å²) in [6.07, 6.45) is 2.67. The Hall–Kier alpha value is -0.0800. The third kappa shape index (κ3) is 3.74. The fraction of sp³-hybridized carbons (Fsp3) is 1.00. The van der Waals surface area contributed by atoms with Gasteiger partial charge in [-0.1, -0.05) is 34.1 Å². The molecule has 0 spiro atoms. The van der Waals surface area contributed by atoms with Crippen molar-refractivity contribution >= 4 is 0 Å². The lowest BCUT2D eigenvalue weighted by atomic mass is 9.95. The van der Waals surface area contributed by atoms with E-state index in [9.17, 15) is 0 Å². The maximum Gasteiger partial charge on any atom is 0.0217 e. The van der Waals surface area contributed by atoms with Gasteiger partial charge in [-0.05, 0) is 37.8 Å². The molecule has 1 aliphatic rings. The van der Waals surface area contributed by atoms with Crippen LogP contribution in [0.1, 0.15) is 40.5 Å². The second kappa shape index (κ2) is 6.61. The third-order valence-corrected chi connectivity index (χ3v) is 4.41. The van der Waals surface area contributed by atoms with Crippen molar-refractivity contribution in [3.63, 3.8) is 0 Å². The van der Waals surface area contributed by atoms with Gasteiger partial charge in [0.05, 0.1) is 0 Å². The first kappa shape index (κ1) is 14.0. The van der Waals surface area contributed by atoms with E-state index in [1.165, 1.54) is 32.5 Å². The smallest absolute Gasteiger partial charge is 0.0217 e. The van der Waals surface area contributed by atoms with Crippen molar-refractivity contribution in [3.05, 3.63) is 0 Å². The lowest BCUT2D eigenvalue weighted by Gasteiger charge is -2.28. The Bertz CT molecular complexity index is 191. The molecule has 0 amide bonds. The topological polar surface area (TPSA) is 15.3 Å². The molecule has 0 radical (unpaired) electrons. The molecule has 3 atom stereocenters. The van der Waals surface area contributed by atoms with Crippen LogP contribution in [0.15, 0.2) is 0 Å². The average Bonchev–Trinajstić information content (AvgIpc) is 2.73. The molecule has 16 heavy (non-hydrogen) atoms. The quantitative estimate of drug-likeness (QED) is 0.749. The highest BCUT2D eigenvalue weighted by Crippen LogP contribution is 2.24. The van der Waals surface area contributed by atoms with Gasteiger partial charge in [0.25, 0.3) is 0 Å². The van der Waals surface area contributed by atoms with Crippen molar-refractivity contribution in [3.8, 4) is 0 Å². The maximum absolute atomic E-state index is 3.48. The molecule has 0 aromatic rings. The fourth-order valence-electron chi connectivity index (χ4n) is 2.69. The van der Waals surface area contributed by atoms with Crippen LogP contribution >= 0.6 is 0 Å². The predicted molar refractivity (Wildman–Crippen MR) is 71.7 cm³/mol. The Morgan fingerprint density at radius 2 is 2.00 bits per heavy atom. The van der Waals surface area contributed by atoms with Gasteiger partial charge in [-0.15, -0.1) is 0 Å². The Balaban J connectivity index is 2.37. The van der Waals surface area contributed by atoms with Gasteiger partial charge in [-0.2, -0.15) is 0 Å². The fourth-order valence-corrected chi connectivity index (χ4v) is 2.69. The minimum atomic E-state index is 0.663. The SMILES string of the molecule is CCC(C)C(CN1CCC(C(C)C)C1)NC. The first-order chi connectivity index (χ1) is 7.58. The zero-order valence-corrected chi connectivity index (χ0v) is 11.8. The van der Waals surface area contributed by atoms with E-state index in [0.717, 1.165) is 17.8 Å². The molecule has 1 rings (SSSR count). The van der Waals surface area contributed by atoms with Gasteiger partial charge >= 0.3 is 0 Å². The number of hydrogen-bond donors (Lipinski definition) is 1. The maximum atomic E-state index is 3.48. The molecule has 1 N–H and O–H groups in total. The number of rotatable bonds is 6. The van der Waals surface area contributed by atoms with E-state index in [4.69, 9.17) is 0 Å². The van der Waals surface area contributed by atoms with E-state index in [-0.39, 0.29) is 0 Å². The molecule has 0 aromatic carbocycles. The summed E-state index contributed by atoms with van der Waals surface area (Å²) in [6.45, 7) is 13.2. The van der Waals surface area contributed by atoms with Crippen LogP contribution in [-0.2, 0) is 0 Å². The van der Waals surface area contributed by atoms with Gasteiger partial charge in [-0.25, -0.2) is 0 Å². The number of nitrogens with zero attached hydrogens (tertiary/aromatic N) is 1. The van der Waals surface area contributed by atoms with Gasteiger partial charge in [-0.3, -0.25) is 0 Å². The van der Waals surface area contributed by atoms with Gasteiger partial charge < -0.3 is 10.2 Å². The predicted octanol–water partition coefficient (Wildman–Crippen LogP) is 2.60. The molecule has 0 aromatic heterocycles. The van der Waals surface area contributed by atoms with E-state index in [2.05, 4.69) is 45.0 Å². The highest BCUT2D eigenvalue weighted by atomic mass is 15.2. The van der Waals surface area contributed by atoms with Crippen molar-refractivity contribution < 1.29 is 0 Å². The van der Waals surface area contributed by atoms with Crippen molar-refractivity contribution in [1.82, 2.24) is 10.2 Å². The third-order valence-electron chi connectivity index (χ3n) is 4.41. The molecule has 1 fully saturated rings. The molecular formula is C14H30N2. The Labute approximate surface area is 102 Å². The van der Waals surface area contributed by atoms with Crippen LogP contribution in [0.25, 0.3) is 0 Å². The molecule has 2 nitrogen and oxygen atoms in total.